The lowest BCUT2D eigenvalue weighted by atomic mass is 9.84. The average Bonchev–Trinajstić information content (AvgIpc) is 4.04. The van der Waals surface area contributed by atoms with Crippen molar-refractivity contribution in [3.63, 3.8) is 0 Å². The Morgan fingerprint density at radius 3 is 2.20 bits per heavy atom. The second-order valence-corrected chi connectivity index (χ2v) is 21.3. The van der Waals surface area contributed by atoms with Crippen LogP contribution in [0.4, 0.5) is 0 Å². The molecule has 0 unspecified atom stereocenters. The predicted molar refractivity (Wildman–Crippen MR) is 281 cm³/mol. The van der Waals surface area contributed by atoms with Crippen molar-refractivity contribution >= 4 is 79.6 Å². The Morgan fingerprint density at radius 2 is 1.51 bits per heavy atom. The van der Waals surface area contributed by atoms with E-state index in [4.69, 9.17) is 17.2 Å². The highest BCUT2D eigenvalue weighted by molar-refractivity contribution is 7.90. The third kappa shape index (κ3) is 19.4. The van der Waals surface area contributed by atoms with E-state index in [-0.39, 0.29) is 76.8 Å². The maximum atomic E-state index is 14.8. The smallest absolute Gasteiger partial charge is 0.243 e. The van der Waals surface area contributed by atoms with Gasteiger partial charge >= 0.3 is 0 Å². The third-order valence-electron chi connectivity index (χ3n) is 12.9. The quantitative estimate of drug-likeness (QED) is 0.0350. The molecule has 0 spiro atoms. The van der Waals surface area contributed by atoms with Crippen molar-refractivity contribution in [1.29, 1.82) is 0 Å². The molecular formula is C51H69N13O11S. The van der Waals surface area contributed by atoms with Crippen LogP contribution in [0.1, 0.15) is 81.5 Å². The van der Waals surface area contributed by atoms with Crippen LogP contribution in [0.2, 0.25) is 0 Å². The van der Waals surface area contributed by atoms with Crippen LogP contribution >= 0.6 is 0 Å². The maximum absolute atomic E-state index is 14.8. The lowest BCUT2D eigenvalue weighted by molar-refractivity contribution is -0.136. The van der Waals surface area contributed by atoms with E-state index >= 15 is 0 Å². The summed E-state index contributed by atoms with van der Waals surface area (Å²) in [7, 11) is -3.70. The second kappa shape index (κ2) is 28.6. The fraction of sp³-hybridized carbons (Fsp3) is 0.471. The van der Waals surface area contributed by atoms with Gasteiger partial charge in [-0.15, -0.1) is 0 Å². The summed E-state index contributed by atoms with van der Waals surface area (Å²) in [5, 5.41) is 16.6. The van der Waals surface area contributed by atoms with Crippen molar-refractivity contribution < 1.29 is 51.6 Å². The number of sulfone groups is 1. The van der Waals surface area contributed by atoms with E-state index in [2.05, 4.69) is 51.8 Å². The Hall–Kier alpha value is -7.96. The number of aromatic amines is 2. The highest BCUT2D eigenvalue weighted by atomic mass is 32.2. The van der Waals surface area contributed by atoms with Crippen LogP contribution in [0.5, 0.6) is 0 Å². The Bertz CT molecular complexity index is 2820. The summed E-state index contributed by atoms with van der Waals surface area (Å²) in [5.74, 6) is -9.96. The van der Waals surface area contributed by atoms with Crippen molar-refractivity contribution in [2.24, 2.45) is 34.0 Å². The van der Waals surface area contributed by atoms with Gasteiger partial charge in [0.1, 0.15) is 39.8 Å². The molecule has 1 aliphatic rings. The summed E-state index contributed by atoms with van der Waals surface area (Å²) in [6.07, 6.45) is 3.81. The molecule has 4 aromatic rings. The number of guanidine groups is 1. The molecule has 0 aliphatic carbocycles. The summed E-state index contributed by atoms with van der Waals surface area (Å²) < 4.78 is 25.3. The highest BCUT2D eigenvalue weighted by Crippen LogP contribution is 2.26. The van der Waals surface area contributed by atoms with E-state index in [1.54, 1.807) is 36.5 Å². The van der Waals surface area contributed by atoms with Gasteiger partial charge < -0.3 is 59.1 Å². The van der Waals surface area contributed by atoms with Crippen molar-refractivity contribution in [3.05, 3.63) is 90.1 Å². The van der Waals surface area contributed by atoms with Gasteiger partial charge in [0.2, 0.25) is 41.4 Å². The number of amides is 7. The number of carbonyl (C=O) groups excluding carboxylic acids is 9. The van der Waals surface area contributed by atoms with Gasteiger partial charge in [0.05, 0.1) is 24.5 Å². The van der Waals surface area contributed by atoms with E-state index in [0.29, 0.717) is 16.8 Å². The summed E-state index contributed by atoms with van der Waals surface area (Å²) in [4.78, 5) is 139. The first kappa shape index (κ1) is 58.9. The number of primary amides is 1. The van der Waals surface area contributed by atoms with Crippen molar-refractivity contribution in [3.8, 4) is 0 Å². The van der Waals surface area contributed by atoms with Gasteiger partial charge in [0, 0.05) is 86.4 Å². The van der Waals surface area contributed by atoms with Crippen molar-refractivity contribution in [1.82, 2.24) is 46.9 Å². The van der Waals surface area contributed by atoms with Gasteiger partial charge in [0.25, 0.3) is 0 Å². The molecule has 1 saturated heterocycles. The zero-order valence-electron chi connectivity index (χ0n) is 42.6. The molecule has 2 aromatic carbocycles. The highest BCUT2D eigenvalue weighted by Gasteiger charge is 2.36. The predicted octanol–water partition coefficient (Wildman–Crippen LogP) is -0.823. The SMILES string of the molecule is CC(=O)N[C@@H](CCCN=C(N)N)C(=O)N[C@H]1CC(=O)NCCCC[C@@H](C(N)=O)NC(=O)[C@H](Cc2c[nH]c3ccccc23)CC(=O)[C@H](CCS(C)(=O)=O)CC(=O)[C@@H](Cc2ccccc2)NC(=O)[C@H](Cc2cnc[nH]2)NC1=O. The van der Waals surface area contributed by atoms with Crippen molar-refractivity contribution in [2.45, 2.75) is 114 Å². The number of hydrogen-bond acceptors (Lipinski definition) is 13. The minimum Gasteiger partial charge on any atom is -0.370 e. The fourth-order valence-corrected chi connectivity index (χ4v) is 9.56. The lowest BCUT2D eigenvalue weighted by Crippen LogP contribution is -2.59. The average molecular weight is 1070 g/mol. The van der Waals surface area contributed by atoms with Gasteiger partial charge in [-0.05, 0) is 68.6 Å². The lowest BCUT2D eigenvalue weighted by Gasteiger charge is -2.27. The molecule has 25 heteroatoms. The molecule has 24 nitrogen and oxygen atoms in total. The summed E-state index contributed by atoms with van der Waals surface area (Å²) in [6, 6.07) is 8.92. The second-order valence-electron chi connectivity index (χ2n) is 19.1. The number of Topliss-reactive ketones (excluding diaryl/α,β-unsaturated/α-hetero) is 2. The summed E-state index contributed by atoms with van der Waals surface area (Å²) in [5.41, 5.74) is 19.1. The molecule has 3 heterocycles. The molecule has 410 valence electrons. The number of nitrogens with one attached hydrogen (secondary N) is 8. The van der Waals surface area contributed by atoms with Crippen LogP contribution < -0.4 is 49.1 Å². The minimum atomic E-state index is -3.70. The zero-order valence-corrected chi connectivity index (χ0v) is 43.4. The number of H-pyrrole nitrogens is 2. The number of nitrogens with two attached hydrogens (primary N) is 3. The molecule has 1 fully saturated rings. The van der Waals surface area contributed by atoms with Gasteiger partial charge in [-0.2, -0.15) is 0 Å². The van der Waals surface area contributed by atoms with E-state index in [1.165, 1.54) is 19.4 Å². The van der Waals surface area contributed by atoms with Crippen LogP contribution in [-0.4, -0.2) is 138 Å². The Labute approximate surface area is 440 Å². The fourth-order valence-electron chi connectivity index (χ4n) is 8.85. The Kier molecular flexibility index (Phi) is 22.2. The van der Waals surface area contributed by atoms with Gasteiger partial charge in [-0.1, -0.05) is 48.5 Å². The first-order valence-corrected chi connectivity index (χ1v) is 27.1. The van der Waals surface area contributed by atoms with E-state index in [9.17, 15) is 51.6 Å². The normalized spacial score (nSPS) is 21.5. The third-order valence-corrected chi connectivity index (χ3v) is 13.8. The zero-order chi connectivity index (χ0) is 55.4. The summed E-state index contributed by atoms with van der Waals surface area (Å²) in [6.45, 7) is 1.30. The van der Waals surface area contributed by atoms with E-state index < -0.39 is 130 Å². The molecule has 5 rings (SSSR count). The Balaban J connectivity index is 1.55. The van der Waals surface area contributed by atoms with Crippen LogP contribution in [0, 0.1) is 11.8 Å². The largest absolute Gasteiger partial charge is 0.370 e. The first-order valence-electron chi connectivity index (χ1n) is 25.0. The molecule has 0 saturated carbocycles. The number of ketones is 2. The number of rotatable bonds is 17. The number of hydrogen-bond donors (Lipinski definition) is 11. The number of imidazole rings is 1. The minimum absolute atomic E-state index is 0.00323. The van der Waals surface area contributed by atoms with Gasteiger partial charge in [0.15, 0.2) is 11.7 Å². The molecule has 0 bridgehead atoms. The molecule has 7 amide bonds. The van der Waals surface area contributed by atoms with Crippen molar-refractivity contribution in [2.75, 3.05) is 25.1 Å². The number of aromatic nitrogens is 3. The molecule has 0 radical (unpaired) electrons. The van der Waals surface area contributed by atoms with Gasteiger partial charge in [-0.3, -0.25) is 48.1 Å². The molecular weight excluding hydrogens is 1000 g/mol. The van der Waals surface area contributed by atoms with E-state index in [1.807, 2.05) is 24.3 Å². The molecule has 14 N–H and O–H groups in total. The standard InChI is InChI=1S/C51H69N13O11S/c1-30(65)60-39(16-10-19-57-51(53)54)48(71)64-42-26-45(68)56-18-9-8-15-38(46(52)69)61-47(70)33(22-34-27-58-37-14-7-6-13-36(34)37)24-43(66)32(17-20-76(2,74)75)23-44(67)40(21-31-11-4-3-5-12-31)62-49(72)41(63-50(42)73)25-35-28-55-29-59-35/h3-7,11-14,27-29,32-33,38-42,58H,8-10,15-26H2,1-2H3,(H2,52,69)(H,55,59)(H,56,68)(H,60,65)(H,61,70)(H,62,72)(H,63,73)(H,64,71)(H4,53,54,57)/t32-,33-,38+,39+,40-,41+,42+/m1/s1. The number of carbonyl (C=O) groups is 9. The molecule has 76 heavy (non-hydrogen) atoms. The number of para-hydroxylation sites is 1. The van der Waals surface area contributed by atoms with Gasteiger partial charge in [-0.25, -0.2) is 13.4 Å². The number of aliphatic imine (C=N–C) groups is 1. The van der Waals surface area contributed by atoms with Crippen LogP contribution in [0.25, 0.3) is 10.9 Å². The first-order chi connectivity index (χ1) is 36.1. The monoisotopic (exact) mass is 1070 g/mol. The van der Waals surface area contributed by atoms with Crippen LogP contribution in [0.3, 0.4) is 0 Å². The molecule has 7 atom stereocenters. The summed E-state index contributed by atoms with van der Waals surface area (Å²) >= 11 is 0. The number of fused-ring (bicyclic) bond motifs is 1. The number of benzene rings is 2. The maximum Gasteiger partial charge on any atom is 0.243 e. The number of nitrogens with zero attached hydrogens (tertiary/aromatic N) is 2. The topological polar surface area (TPSA) is 395 Å². The molecule has 1 aliphatic heterocycles. The van der Waals surface area contributed by atoms with E-state index in [0.717, 1.165) is 17.2 Å². The Morgan fingerprint density at radius 1 is 0.803 bits per heavy atom. The molecule has 2 aromatic heterocycles. The van der Waals surface area contributed by atoms with Crippen LogP contribution in [0.15, 0.2) is 78.3 Å². The van der Waals surface area contributed by atoms with Crippen LogP contribution in [-0.2, 0) is 72.3 Å².